The molecule has 1 aromatic rings. The topological polar surface area (TPSA) is 36.4 Å². The largest absolute Gasteiger partial charge is 0.393 e. The van der Waals surface area contributed by atoms with Crippen molar-refractivity contribution in [3.8, 4) is 0 Å². The van der Waals surface area contributed by atoms with E-state index < -0.39 is 0 Å². The summed E-state index contributed by atoms with van der Waals surface area (Å²) in [7, 11) is 2.13. The molecule has 1 saturated carbocycles. The second-order valence-corrected chi connectivity index (χ2v) is 6.86. The van der Waals surface area contributed by atoms with Crippen LogP contribution in [0.5, 0.6) is 0 Å². The number of hydrogen-bond donors (Lipinski definition) is 1. The first-order valence-electron chi connectivity index (χ1n) is 6.82. The highest BCUT2D eigenvalue weighted by Gasteiger charge is 2.27. The van der Waals surface area contributed by atoms with Gasteiger partial charge in [0, 0.05) is 18.5 Å². The highest BCUT2D eigenvalue weighted by Crippen LogP contribution is 2.29. The molecular weight excluding hydrogens is 244 g/mol. The first kappa shape index (κ1) is 14.0. The minimum Gasteiger partial charge on any atom is -0.393 e. The van der Waals surface area contributed by atoms with Crippen molar-refractivity contribution in [2.75, 3.05) is 13.6 Å². The zero-order valence-corrected chi connectivity index (χ0v) is 12.4. The van der Waals surface area contributed by atoms with Crippen LogP contribution in [0.1, 0.15) is 36.9 Å². The van der Waals surface area contributed by atoms with Crippen molar-refractivity contribution in [3.63, 3.8) is 0 Å². The smallest absolute Gasteiger partial charge is 0.0897 e. The Morgan fingerprint density at radius 1 is 1.50 bits per heavy atom. The van der Waals surface area contributed by atoms with Crippen molar-refractivity contribution < 1.29 is 5.11 Å². The van der Waals surface area contributed by atoms with E-state index in [0.29, 0.717) is 5.92 Å². The van der Waals surface area contributed by atoms with Gasteiger partial charge in [0.05, 0.1) is 16.8 Å². The molecule has 3 unspecified atom stereocenters. The summed E-state index contributed by atoms with van der Waals surface area (Å²) in [5, 5.41) is 13.3. The normalized spacial score (nSPS) is 28.8. The quantitative estimate of drug-likeness (QED) is 0.912. The molecule has 18 heavy (non-hydrogen) atoms. The summed E-state index contributed by atoms with van der Waals surface area (Å²) in [6.07, 6.45) is 3.19. The van der Waals surface area contributed by atoms with Crippen molar-refractivity contribution in [1.29, 1.82) is 0 Å². The van der Waals surface area contributed by atoms with E-state index in [1.807, 2.05) is 6.92 Å². The Labute approximate surface area is 114 Å². The van der Waals surface area contributed by atoms with E-state index in [1.54, 1.807) is 11.3 Å². The number of aromatic nitrogens is 1. The van der Waals surface area contributed by atoms with Crippen LogP contribution in [0, 0.1) is 18.8 Å². The van der Waals surface area contributed by atoms with Crippen molar-refractivity contribution in [2.45, 2.75) is 45.8 Å². The SMILES string of the molecule is Cc1nc(CN(C)CC2CC(C)CCC2O)cs1. The molecule has 2 rings (SSSR count). The Kier molecular flexibility index (Phi) is 4.76. The average molecular weight is 268 g/mol. The summed E-state index contributed by atoms with van der Waals surface area (Å²) in [6, 6.07) is 0. The summed E-state index contributed by atoms with van der Waals surface area (Å²) < 4.78 is 0. The lowest BCUT2D eigenvalue weighted by molar-refractivity contribution is 0.0336. The van der Waals surface area contributed by atoms with Gasteiger partial charge in [-0.1, -0.05) is 6.92 Å². The summed E-state index contributed by atoms with van der Waals surface area (Å²) in [5.74, 6) is 1.19. The number of aliphatic hydroxyl groups is 1. The van der Waals surface area contributed by atoms with Gasteiger partial charge in [-0.25, -0.2) is 4.98 Å². The Bertz CT molecular complexity index is 380. The lowest BCUT2D eigenvalue weighted by atomic mass is 9.80. The van der Waals surface area contributed by atoms with Crippen LogP contribution in [-0.2, 0) is 6.54 Å². The molecule has 1 heterocycles. The van der Waals surface area contributed by atoms with Crippen LogP contribution in [-0.4, -0.2) is 34.7 Å². The van der Waals surface area contributed by atoms with Crippen molar-refractivity contribution in [3.05, 3.63) is 16.1 Å². The van der Waals surface area contributed by atoms with Crippen LogP contribution < -0.4 is 0 Å². The third-order valence-electron chi connectivity index (χ3n) is 3.85. The van der Waals surface area contributed by atoms with Gasteiger partial charge < -0.3 is 10.0 Å². The summed E-state index contributed by atoms with van der Waals surface area (Å²) in [6.45, 7) is 6.20. The molecule has 1 aromatic heterocycles. The summed E-state index contributed by atoms with van der Waals surface area (Å²) in [4.78, 5) is 6.78. The van der Waals surface area contributed by atoms with Gasteiger partial charge in [-0.15, -0.1) is 11.3 Å². The van der Waals surface area contributed by atoms with Crippen LogP contribution in [0.25, 0.3) is 0 Å². The Morgan fingerprint density at radius 2 is 2.28 bits per heavy atom. The van der Waals surface area contributed by atoms with Crippen LogP contribution in [0.4, 0.5) is 0 Å². The molecule has 4 heteroatoms. The molecule has 0 radical (unpaired) electrons. The first-order chi connectivity index (χ1) is 8.54. The summed E-state index contributed by atoms with van der Waals surface area (Å²) in [5.41, 5.74) is 1.15. The molecule has 102 valence electrons. The maximum absolute atomic E-state index is 10.1. The number of aliphatic hydroxyl groups excluding tert-OH is 1. The van der Waals surface area contributed by atoms with Gasteiger partial charge in [0.2, 0.25) is 0 Å². The molecule has 1 aliphatic rings. The van der Waals surface area contributed by atoms with E-state index in [2.05, 4.69) is 29.2 Å². The third kappa shape index (κ3) is 3.77. The zero-order valence-electron chi connectivity index (χ0n) is 11.6. The van der Waals surface area contributed by atoms with E-state index in [4.69, 9.17) is 0 Å². The molecule has 0 saturated heterocycles. The molecule has 3 nitrogen and oxygen atoms in total. The van der Waals surface area contributed by atoms with Gasteiger partial charge in [0.25, 0.3) is 0 Å². The van der Waals surface area contributed by atoms with Crippen molar-refractivity contribution in [2.24, 2.45) is 11.8 Å². The van der Waals surface area contributed by atoms with Gasteiger partial charge in [-0.05, 0) is 45.1 Å². The maximum Gasteiger partial charge on any atom is 0.0897 e. The molecule has 0 aromatic carbocycles. The van der Waals surface area contributed by atoms with Gasteiger partial charge in [-0.3, -0.25) is 0 Å². The molecule has 0 amide bonds. The number of hydrogen-bond acceptors (Lipinski definition) is 4. The molecule has 1 fully saturated rings. The highest BCUT2D eigenvalue weighted by molar-refractivity contribution is 7.09. The van der Waals surface area contributed by atoms with Crippen molar-refractivity contribution >= 4 is 11.3 Å². The van der Waals surface area contributed by atoms with Crippen LogP contribution in [0.15, 0.2) is 5.38 Å². The number of nitrogens with zero attached hydrogens (tertiary/aromatic N) is 2. The number of rotatable bonds is 4. The van der Waals surface area contributed by atoms with E-state index in [1.165, 1.54) is 6.42 Å². The second kappa shape index (κ2) is 6.13. The predicted octanol–water partition coefficient (Wildman–Crippen LogP) is 2.68. The monoisotopic (exact) mass is 268 g/mol. The maximum atomic E-state index is 10.1. The fraction of sp³-hybridized carbons (Fsp3) is 0.786. The van der Waals surface area contributed by atoms with E-state index in [-0.39, 0.29) is 6.10 Å². The molecule has 0 aliphatic heterocycles. The molecular formula is C14H24N2OS. The van der Waals surface area contributed by atoms with E-state index >= 15 is 0 Å². The molecule has 1 N–H and O–H groups in total. The third-order valence-corrected chi connectivity index (χ3v) is 4.67. The Morgan fingerprint density at radius 3 is 2.94 bits per heavy atom. The standard InChI is InChI=1S/C14H24N2OS/c1-10-4-5-14(17)12(6-10)7-16(3)8-13-9-18-11(2)15-13/h9-10,12,14,17H,4-8H2,1-3H3. The Balaban J connectivity index is 1.84. The van der Waals surface area contributed by atoms with Crippen molar-refractivity contribution in [1.82, 2.24) is 9.88 Å². The molecule has 0 spiro atoms. The van der Waals surface area contributed by atoms with Gasteiger partial charge in [-0.2, -0.15) is 0 Å². The minimum absolute atomic E-state index is 0.110. The van der Waals surface area contributed by atoms with Gasteiger partial charge in [0.15, 0.2) is 0 Å². The lowest BCUT2D eigenvalue weighted by Crippen LogP contribution is -2.36. The number of aryl methyl sites for hydroxylation is 1. The number of thiazole rings is 1. The lowest BCUT2D eigenvalue weighted by Gasteiger charge is -2.34. The average Bonchev–Trinajstić information content (AvgIpc) is 2.69. The predicted molar refractivity (Wildman–Crippen MR) is 75.7 cm³/mol. The van der Waals surface area contributed by atoms with E-state index in [9.17, 15) is 5.11 Å². The van der Waals surface area contributed by atoms with Gasteiger partial charge >= 0.3 is 0 Å². The first-order valence-corrected chi connectivity index (χ1v) is 7.70. The molecule has 0 bridgehead atoms. The van der Waals surface area contributed by atoms with Gasteiger partial charge in [0.1, 0.15) is 0 Å². The minimum atomic E-state index is -0.110. The Hall–Kier alpha value is -0.450. The molecule has 3 atom stereocenters. The second-order valence-electron chi connectivity index (χ2n) is 5.80. The van der Waals surface area contributed by atoms with Crippen LogP contribution >= 0.6 is 11.3 Å². The summed E-state index contributed by atoms with van der Waals surface area (Å²) >= 11 is 1.71. The fourth-order valence-electron chi connectivity index (χ4n) is 2.90. The zero-order chi connectivity index (χ0) is 13.1. The molecule has 1 aliphatic carbocycles. The van der Waals surface area contributed by atoms with Crippen LogP contribution in [0.3, 0.4) is 0 Å². The fourth-order valence-corrected chi connectivity index (χ4v) is 3.51. The highest BCUT2D eigenvalue weighted by atomic mass is 32.1. The van der Waals surface area contributed by atoms with E-state index in [0.717, 1.165) is 42.6 Å². The van der Waals surface area contributed by atoms with Crippen LogP contribution in [0.2, 0.25) is 0 Å².